The Kier molecular flexibility index (Phi) is 30.8. The molecular weight excluding hydrogens is 1410 g/mol. The fraction of sp³-hybridized carbons (Fsp3) is 0.451. The lowest BCUT2D eigenvalue weighted by Crippen LogP contribution is -2.61. The number of rotatable bonds is 26. The summed E-state index contributed by atoms with van der Waals surface area (Å²) in [5.41, 5.74) is 28.2. The van der Waals surface area contributed by atoms with Crippen LogP contribution in [-0.4, -0.2) is 196 Å². The van der Waals surface area contributed by atoms with E-state index in [4.69, 9.17) is 28.8 Å². The van der Waals surface area contributed by atoms with Crippen molar-refractivity contribution in [1.82, 2.24) is 68.4 Å². The van der Waals surface area contributed by atoms with Crippen molar-refractivity contribution in [2.45, 2.75) is 171 Å². The van der Waals surface area contributed by atoms with Crippen molar-refractivity contribution in [3.05, 3.63) is 129 Å². The van der Waals surface area contributed by atoms with Gasteiger partial charge in [0.2, 0.25) is 76.8 Å². The van der Waals surface area contributed by atoms with E-state index in [0.29, 0.717) is 39.0 Å². The first-order valence-electron chi connectivity index (χ1n) is 34.9. The molecule has 2 aliphatic rings. The third-order valence-electron chi connectivity index (χ3n) is 17.9. The van der Waals surface area contributed by atoms with Gasteiger partial charge in [0.15, 0.2) is 5.96 Å². The van der Waals surface area contributed by atoms with E-state index in [1.54, 1.807) is 86.8 Å². The first-order valence-corrected chi connectivity index (χ1v) is 35.3. The van der Waals surface area contributed by atoms with Crippen molar-refractivity contribution in [3.63, 3.8) is 0 Å². The summed E-state index contributed by atoms with van der Waals surface area (Å²) in [6.07, 6.45) is -1.32. The molecule has 36 heteroatoms. The molecule has 0 saturated carbocycles. The molecule has 572 valence electrons. The number of halogens is 1. The van der Waals surface area contributed by atoms with Crippen LogP contribution < -0.4 is 75.7 Å². The Bertz CT molecular complexity index is 4180. The second-order valence-corrected chi connectivity index (χ2v) is 27.0. The number of carboxylic acid groups (broad SMARTS) is 1. The number of guanidine groups is 1. The number of carbonyl (C=O) groups is 14. The van der Waals surface area contributed by atoms with Crippen LogP contribution in [0.25, 0.3) is 32.1 Å². The highest BCUT2D eigenvalue weighted by Gasteiger charge is 2.41. The summed E-state index contributed by atoms with van der Waals surface area (Å²) < 4.78 is 0. The molecule has 5 aromatic rings. The minimum Gasteiger partial charge on any atom is -0.480 e. The van der Waals surface area contributed by atoms with Crippen LogP contribution in [0.15, 0.2) is 107 Å². The molecule has 107 heavy (non-hydrogen) atoms. The molecule has 0 spiro atoms. The number of H-pyrrole nitrogens is 1. The van der Waals surface area contributed by atoms with Crippen molar-refractivity contribution >= 4 is 122 Å². The average Bonchev–Trinajstić information content (AvgIpc) is 1.82. The topological polar surface area (TPSA) is 550 Å². The Morgan fingerprint density at radius 2 is 1.35 bits per heavy atom. The Labute approximate surface area is 619 Å². The average molecular weight is 1500 g/mol. The number of fused-ring (bicyclic) bond motifs is 2. The number of likely N-dealkylation sites (tertiary alicyclic amines) is 1. The van der Waals surface area contributed by atoms with Crippen LogP contribution in [0, 0.1) is 5.92 Å². The Morgan fingerprint density at radius 1 is 0.710 bits per heavy atom. The summed E-state index contributed by atoms with van der Waals surface area (Å²) >= 11 is 6.21. The number of aromatic nitrogens is 1. The van der Waals surface area contributed by atoms with Crippen LogP contribution in [0.2, 0.25) is 5.02 Å². The van der Waals surface area contributed by atoms with Crippen molar-refractivity contribution in [2.24, 2.45) is 33.2 Å². The summed E-state index contributed by atoms with van der Waals surface area (Å²) in [6.45, 7) is 5.07. The maximum atomic E-state index is 15.3. The van der Waals surface area contributed by atoms with E-state index < -0.39 is 182 Å². The zero-order valence-electron chi connectivity index (χ0n) is 59.5. The van der Waals surface area contributed by atoms with Gasteiger partial charge in [-0.1, -0.05) is 98.2 Å². The molecule has 35 nitrogen and oxygen atoms in total. The number of hydrogen-bond donors (Lipinski definition) is 16. The predicted molar refractivity (Wildman–Crippen MR) is 392 cm³/mol. The summed E-state index contributed by atoms with van der Waals surface area (Å²) in [6, 6.07) is 8.60. The lowest BCUT2D eigenvalue weighted by molar-refractivity contribution is -0.145. The Balaban J connectivity index is 1.26. The van der Waals surface area contributed by atoms with E-state index in [9.17, 15) is 58.6 Å². The normalized spacial score (nSPS) is 20.4. The van der Waals surface area contributed by atoms with Gasteiger partial charge >= 0.3 is 5.97 Å². The molecular formula is C71H91ClN20O15. The molecule has 4 aromatic carbocycles. The number of benzene rings is 4. The zero-order chi connectivity index (χ0) is 78.0. The molecule has 0 aliphatic carbocycles. The number of nitrogens with zero attached hydrogens (tertiary/aromatic N) is 5. The summed E-state index contributed by atoms with van der Waals surface area (Å²) in [5.74, 6) is -14.4. The van der Waals surface area contributed by atoms with Gasteiger partial charge in [0.1, 0.15) is 66.5 Å². The Hall–Kier alpha value is -11.7. The van der Waals surface area contributed by atoms with Crippen molar-refractivity contribution < 1.29 is 72.2 Å². The molecule has 11 atom stereocenters. The van der Waals surface area contributed by atoms with E-state index in [1.165, 1.54) is 24.0 Å². The molecule has 2 fully saturated rings. The Morgan fingerprint density at radius 3 is 2.03 bits per heavy atom. The summed E-state index contributed by atoms with van der Waals surface area (Å²) in [5, 5.41) is 43.7. The van der Waals surface area contributed by atoms with Crippen LogP contribution in [0.1, 0.15) is 102 Å². The highest BCUT2D eigenvalue weighted by molar-refractivity contribution is 6.30. The zero-order valence-corrected chi connectivity index (χ0v) is 60.2. The minimum absolute atomic E-state index is 0.00553. The predicted octanol–water partition coefficient (Wildman–Crippen LogP) is -0.449. The molecule has 0 unspecified atom stereocenters. The van der Waals surface area contributed by atoms with E-state index in [0.717, 1.165) is 17.7 Å². The van der Waals surface area contributed by atoms with E-state index in [2.05, 4.69) is 78.5 Å². The van der Waals surface area contributed by atoms with Gasteiger partial charge in [-0.3, -0.25) is 67.3 Å². The van der Waals surface area contributed by atoms with Gasteiger partial charge in [0.05, 0.1) is 0 Å². The molecule has 2 saturated heterocycles. The maximum Gasteiger partial charge on any atom is 0.327 e. The van der Waals surface area contributed by atoms with Gasteiger partial charge < -0.3 is 90.7 Å². The van der Waals surface area contributed by atoms with Crippen LogP contribution >= 0.6 is 11.6 Å². The number of carboxylic acids is 1. The van der Waals surface area contributed by atoms with Gasteiger partial charge in [-0.05, 0) is 114 Å². The molecule has 0 bridgehead atoms. The third-order valence-corrected chi connectivity index (χ3v) is 18.1. The van der Waals surface area contributed by atoms with Gasteiger partial charge in [-0.15, -0.1) is 0 Å². The first-order chi connectivity index (χ1) is 51.0. The molecule has 7 rings (SSSR count). The van der Waals surface area contributed by atoms with Gasteiger partial charge in [0.25, 0.3) is 0 Å². The van der Waals surface area contributed by atoms with Crippen LogP contribution in [-0.2, 0) is 86.4 Å². The number of nitrogens with one attached hydrogen (secondary N) is 12. The molecule has 19 N–H and O–H groups in total. The quantitative estimate of drug-likeness (QED) is 0.00833. The largest absolute Gasteiger partial charge is 0.480 e. The minimum atomic E-state index is -2.05. The monoisotopic (exact) mass is 1500 g/mol. The first kappa shape index (κ1) is 82.6. The number of nitrogens with two attached hydrogens (primary N) is 3. The number of aromatic amines is 1. The highest BCUT2D eigenvalue weighted by atomic mass is 35.5. The number of para-hydroxylation sites is 1. The number of amides is 13. The van der Waals surface area contributed by atoms with Crippen molar-refractivity contribution in [1.29, 1.82) is 0 Å². The summed E-state index contributed by atoms with van der Waals surface area (Å²) in [4.78, 5) is 209. The third kappa shape index (κ3) is 25.0. The van der Waals surface area contributed by atoms with E-state index >= 15 is 19.2 Å². The van der Waals surface area contributed by atoms with Crippen molar-refractivity contribution in [3.8, 4) is 0 Å². The van der Waals surface area contributed by atoms with E-state index in [-0.39, 0.29) is 76.3 Å². The second-order valence-electron chi connectivity index (χ2n) is 26.6. The van der Waals surface area contributed by atoms with Crippen LogP contribution in [0.3, 0.4) is 0 Å². The number of aliphatic carboxylic acids is 1. The fourth-order valence-electron chi connectivity index (χ4n) is 12.4. The maximum absolute atomic E-state index is 15.3. The number of azide groups is 1. The molecule has 13 amide bonds. The fourth-order valence-corrected chi connectivity index (χ4v) is 12.5. The number of carbonyl (C=O) groups excluding carboxylic acids is 13. The standard InChI is InChI=1S/C71H91ClN20O15/c1-37(2)29-51(63(99)83-50(15-9-26-78-71(74)75)69(105)92-28-10-16-57(92)68(104)89-56(35-73)70(106)107)84-65(101)53(32-41-17-20-42-11-5-6-12-43(42)30-41)86-62(98)49-25-27-77-60(96)38(3)80-58(94)24-23-48(81-39(4)93)61(97)85-52(31-40-18-21-45(72)22-19-40)64(100)87-54(33-44-36-79-47-14-8-7-13-46(44)47)66(102)88-55(67(103)82-49)34-59(95)90-91-76/h5-8,11-14,17-22,30,36-38,48-57,79H,9-10,15-16,23-29,31-35,73H2,1-4H3,(H,77,96)(H,80,94)(H,81,93)(H,82,103)(H,83,99)(H,84,101)(H,85,97)(H,86,98)(H,87,100)(H,88,102)(H,89,104)(H,106,107)(H4,74,75,78)/t38-,48-,49-,50-,51-,52+,53+,54+,55-,56-,57-/m0/s1. The molecule has 3 heterocycles. The van der Waals surface area contributed by atoms with Gasteiger partial charge in [-0.25, -0.2) is 4.79 Å². The smallest absolute Gasteiger partial charge is 0.327 e. The summed E-state index contributed by atoms with van der Waals surface area (Å²) in [7, 11) is 0. The number of aliphatic imine (C=N–C) groups is 1. The highest BCUT2D eigenvalue weighted by Crippen LogP contribution is 2.24. The molecule has 0 radical (unpaired) electrons. The lowest BCUT2D eigenvalue weighted by Gasteiger charge is -2.31. The number of hydrogen-bond acceptors (Lipinski definition) is 16. The van der Waals surface area contributed by atoms with Crippen molar-refractivity contribution in [2.75, 3.05) is 26.2 Å². The SMILES string of the molecule is CC(=O)N[C@H]1CCC(=O)N[C@@H](C)C(=O)NCC[C@@H](C(=O)N[C@H](Cc2ccc3ccccc3c2)C(=O)N[C@@H](CC(C)C)C(=O)N[C@@H](CCCN=C(N)N)C(=O)N2CCC[C@H]2C(=O)N[C@@H](CN)C(=O)O)NC(=O)[C@H](CC(=O)N=[N+]=[N-])NC(=O)[C@@H](Cc2c[nH]c3ccccc23)NC(=O)[C@@H](Cc2ccc(Cl)cc2)NC1=O. The van der Waals surface area contributed by atoms with Crippen LogP contribution in [0.4, 0.5) is 0 Å². The molecule has 2 aliphatic heterocycles. The van der Waals surface area contributed by atoms with E-state index in [1.807, 2.05) is 12.1 Å². The van der Waals surface area contributed by atoms with Gasteiger partial charge in [0, 0.05) is 92.2 Å². The lowest BCUT2D eigenvalue weighted by atomic mass is 9.98. The second kappa shape index (κ2) is 40.0. The van der Waals surface area contributed by atoms with Crippen LogP contribution in [0.5, 0.6) is 0 Å². The van der Waals surface area contributed by atoms with Gasteiger partial charge in [-0.2, -0.15) is 0 Å². The molecule has 1 aromatic heterocycles.